The van der Waals surface area contributed by atoms with Crippen LogP contribution in [0.3, 0.4) is 0 Å². The summed E-state index contributed by atoms with van der Waals surface area (Å²) in [6.45, 7) is 10.7. The predicted octanol–water partition coefficient (Wildman–Crippen LogP) is 2.75. The minimum atomic E-state index is 0.127. The van der Waals surface area contributed by atoms with Crippen LogP contribution in [0.2, 0.25) is 0 Å². The van der Waals surface area contributed by atoms with Crippen molar-refractivity contribution in [3.8, 4) is 0 Å². The number of ether oxygens (including phenoxy) is 1. The maximum atomic E-state index is 12.3. The zero-order valence-electron chi connectivity index (χ0n) is 17.4. The summed E-state index contributed by atoms with van der Waals surface area (Å²) < 4.78 is 5.70. The molecule has 0 spiro atoms. The van der Waals surface area contributed by atoms with E-state index < -0.39 is 0 Å². The molecule has 0 heterocycles. The third kappa shape index (κ3) is 9.43. The minimum Gasteiger partial charge on any atom is -0.377 e. The monoisotopic (exact) mass is 376 g/mol. The third-order valence-corrected chi connectivity index (χ3v) is 4.25. The number of nitrogens with zero attached hydrogens (tertiary/aromatic N) is 3. The molecule has 1 N–H and O–H groups in total. The molecule has 1 rings (SSSR count). The number of rotatable bonds is 12. The first-order valence-corrected chi connectivity index (χ1v) is 10.0. The number of aliphatic imine (C=N–C) groups is 1. The lowest BCUT2D eigenvalue weighted by Crippen LogP contribution is -2.45. The van der Waals surface area contributed by atoms with Crippen LogP contribution in [0.5, 0.6) is 0 Å². The summed E-state index contributed by atoms with van der Waals surface area (Å²) in [4.78, 5) is 20.6. The van der Waals surface area contributed by atoms with E-state index in [0.717, 1.165) is 51.6 Å². The second-order valence-electron chi connectivity index (χ2n) is 6.40. The minimum absolute atomic E-state index is 0.127. The second kappa shape index (κ2) is 14.0. The topological polar surface area (TPSA) is 57.2 Å². The highest BCUT2D eigenvalue weighted by Crippen LogP contribution is 2.02. The highest BCUT2D eigenvalue weighted by molar-refractivity contribution is 5.86. The van der Waals surface area contributed by atoms with Crippen molar-refractivity contribution in [2.24, 2.45) is 4.99 Å². The Kier molecular flexibility index (Phi) is 11.9. The second-order valence-corrected chi connectivity index (χ2v) is 6.40. The van der Waals surface area contributed by atoms with Gasteiger partial charge in [-0.15, -0.1) is 0 Å². The molecule has 0 aliphatic rings. The molecule has 0 bridgehead atoms. The molecule has 0 aromatic heterocycles. The van der Waals surface area contributed by atoms with Gasteiger partial charge in [0.15, 0.2) is 5.96 Å². The molecule has 152 valence electrons. The van der Waals surface area contributed by atoms with E-state index in [0.29, 0.717) is 13.2 Å². The highest BCUT2D eigenvalue weighted by atomic mass is 16.5. The molecular formula is C21H36N4O2. The Labute approximate surface area is 164 Å². The number of guanidine groups is 1. The van der Waals surface area contributed by atoms with Crippen LogP contribution < -0.4 is 5.32 Å². The van der Waals surface area contributed by atoms with Crippen molar-refractivity contribution >= 4 is 11.9 Å². The number of nitrogens with one attached hydrogen (secondary N) is 1. The summed E-state index contributed by atoms with van der Waals surface area (Å²) >= 11 is 0. The van der Waals surface area contributed by atoms with Crippen molar-refractivity contribution in [3.05, 3.63) is 35.9 Å². The SMILES string of the molecule is CCNC(=NCCCCOCc1ccccc1)N(C)CC(=O)N(CC)CC. The fourth-order valence-electron chi connectivity index (χ4n) is 2.69. The Morgan fingerprint density at radius 3 is 2.44 bits per heavy atom. The van der Waals surface area contributed by atoms with E-state index in [-0.39, 0.29) is 5.91 Å². The number of hydrogen-bond donors (Lipinski definition) is 1. The van der Waals surface area contributed by atoms with Crippen molar-refractivity contribution in [3.63, 3.8) is 0 Å². The fourth-order valence-corrected chi connectivity index (χ4v) is 2.69. The van der Waals surface area contributed by atoms with Gasteiger partial charge in [-0.2, -0.15) is 0 Å². The first-order valence-electron chi connectivity index (χ1n) is 10.0. The molecule has 0 saturated heterocycles. The van der Waals surface area contributed by atoms with Crippen LogP contribution in [-0.2, 0) is 16.1 Å². The van der Waals surface area contributed by atoms with E-state index in [9.17, 15) is 4.79 Å². The lowest BCUT2D eigenvalue weighted by atomic mass is 10.2. The Morgan fingerprint density at radius 1 is 1.11 bits per heavy atom. The average Bonchev–Trinajstić information content (AvgIpc) is 2.68. The Hall–Kier alpha value is -2.08. The number of carbonyl (C=O) groups excluding carboxylic acids is 1. The molecule has 0 saturated carbocycles. The van der Waals surface area contributed by atoms with E-state index in [1.807, 2.05) is 55.8 Å². The average molecular weight is 377 g/mol. The Bertz CT molecular complexity index is 544. The summed E-state index contributed by atoms with van der Waals surface area (Å²) in [5.41, 5.74) is 1.20. The van der Waals surface area contributed by atoms with Crippen molar-refractivity contribution in [1.29, 1.82) is 0 Å². The maximum Gasteiger partial charge on any atom is 0.242 e. The van der Waals surface area contributed by atoms with Crippen molar-refractivity contribution in [1.82, 2.24) is 15.1 Å². The summed E-state index contributed by atoms with van der Waals surface area (Å²) in [6.07, 6.45) is 1.93. The maximum absolute atomic E-state index is 12.3. The van der Waals surface area contributed by atoms with Crippen LogP contribution in [0.25, 0.3) is 0 Å². The number of likely N-dealkylation sites (N-methyl/N-ethyl adjacent to an activating group) is 2. The standard InChI is InChI=1S/C21H36N4O2/c1-5-22-21(24(4)17-20(26)25(6-2)7-3)23-15-11-12-16-27-18-19-13-9-8-10-14-19/h8-10,13-14H,5-7,11-12,15-18H2,1-4H3,(H,22,23). The lowest BCUT2D eigenvalue weighted by Gasteiger charge is -2.25. The molecule has 6 nitrogen and oxygen atoms in total. The van der Waals surface area contributed by atoms with Crippen LogP contribution in [0.15, 0.2) is 35.3 Å². The molecule has 1 amide bonds. The van der Waals surface area contributed by atoms with E-state index >= 15 is 0 Å². The number of amides is 1. The normalized spacial score (nSPS) is 11.3. The van der Waals surface area contributed by atoms with Crippen molar-refractivity contribution in [2.45, 2.75) is 40.2 Å². The zero-order valence-corrected chi connectivity index (χ0v) is 17.4. The Morgan fingerprint density at radius 2 is 1.81 bits per heavy atom. The van der Waals surface area contributed by atoms with Crippen LogP contribution in [0, 0.1) is 0 Å². The van der Waals surface area contributed by atoms with Crippen molar-refractivity contribution < 1.29 is 9.53 Å². The molecule has 0 aliphatic heterocycles. The molecule has 0 fully saturated rings. The molecule has 1 aromatic rings. The highest BCUT2D eigenvalue weighted by Gasteiger charge is 2.14. The summed E-state index contributed by atoms with van der Waals surface area (Å²) in [5.74, 6) is 0.908. The summed E-state index contributed by atoms with van der Waals surface area (Å²) in [6, 6.07) is 10.2. The number of benzene rings is 1. The molecule has 0 unspecified atom stereocenters. The quantitative estimate of drug-likeness (QED) is 0.346. The molecule has 6 heteroatoms. The van der Waals surface area contributed by atoms with Crippen LogP contribution in [0.4, 0.5) is 0 Å². The molecular weight excluding hydrogens is 340 g/mol. The van der Waals surface area contributed by atoms with E-state index in [4.69, 9.17) is 4.74 Å². The van der Waals surface area contributed by atoms with E-state index in [1.165, 1.54) is 5.56 Å². The van der Waals surface area contributed by atoms with Gasteiger partial charge in [0, 0.05) is 39.8 Å². The third-order valence-electron chi connectivity index (χ3n) is 4.25. The van der Waals surface area contributed by atoms with Gasteiger partial charge in [-0.05, 0) is 39.2 Å². The fraction of sp³-hybridized carbons (Fsp3) is 0.619. The predicted molar refractivity (Wildman–Crippen MR) is 112 cm³/mol. The number of unbranched alkanes of at least 4 members (excludes halogenated alkanes) is 1. The molecule has 0 aliphatic carbocycles. The van der Waals surface area contributed by atoms with Gasteiger partial charge in [0.05, 0.1) is 13.2 Å². The Balaban J connectivity index is 2.32. The molecule has 0 radical (unpaired) electrons. The van der Waals surface area contributed by atoms with Crippen molar-refractivity contribution in [2.75, 3.05) is 46.4 Å². The zero-order chi connectivity index (χ0) is 19.9. The molecule has 0 atom stereocenters. The van der Waals surface area contributed by atoms with Gasteiger partial charge < -0.3 is 19.9 Å². The molecule has 1 aromatic carbocycles. The van der Waals surface area contributed by atoms with Gasteiger partial charge in [0.1, 0.15) is 0 Å². The van der Waals surface area contributed by atoms with Crippen LogP contribution >= 0.6 is 0 Å². The lowest BCUT2D eigenvalue weighted by molar-refractivity contribution is -0.131. The van der Waals surface area contributed by atoms with E-state index in [2.05, 4.69) is 22.4 Å². The first kappa shape index (κ1) is 23.0. The largest absolute Gasteiger partial charge is 0.377 e. The van der Waals surface area contributed by atoms with Crippen LogP contribution in [-0.4, -0.2) is 68.0 Å². The summed E-state index contributed by atoms with van der Waals surface area (Å²) in [7, 11) is 1.91. The summed E-state index contributed by atoms with van der Waals surface area (Å²) in [5, 5.41) is 3.26. The number of hydrogen-bond acceptors (Lipinski definition) is 3. The smallest absolute Gasteiger partial charge is 0.242 e. The van der Waals surface area contributed by atoms with Gasteiger partial charge in [-0.3, -0.25) is 9.79 Å². The van der Waals surface area contributed by atoms with Gasteiger partial charge in [-0.1, -0.05) is 30.3 Å². The first-order chi connectivity index (χ1) is 13.1. The van der Waals surface area contributed by atoms with E-state index in [1.54, 1.807) is 0 Å². The number of carbonyl (C=O) groups is 1. The van der Waals surface area contributed by atoms with Crippen LogP contribution in [0.1, 0.15) is 39.2 Å². The van der Waals surface area contributed by atoms with Gasteiger partial charge in [0.2, 0.25) is 5.91 Å². The van der Waals surface area contributed by atoms with Gasteiger partial charge >= 0.3 is 0 Å². The molecule has 27 heavy (non-hydrogen) atoms. The van der Waals surface area contributed by atoms with Gasteiger partial charge in [0.25, 0.3) is 0 Å². The van der Waals surface area contributed by atoms with Gasteiger partial charge in [-0.25, -0.2) is 0 Å².